The summed E-state index contributed by atoms with van der Waals surface area (Å²) in [6.07, 6.45) is 0.726. The zero-order chi connectivity index (χ0) is 17.8. The van der Waals surface area contributed by atoms with Crippen molar-refractivity contribution in [2.45, 2.75) is 13.3 Å². The van der Waals surface area contributed by atoms with Gasteiger partial charge in [0.2, 0.25) is 0 Å². The lowest BCUT2D eigenvalue weighted by atomic mass is 10.1. The van der Waals surface area contributed by atoms with Crippen molar-refractivity contribution in [2.24, 2.45) is 7.05 Å². The molecule has 3 rings (SSSR count). The third kappa shape index (κ3) is 4.28. The van der Waals surface area contributed by atoms with Crippen molar-refractivity contribution in [1.29, 1.82) is 0 Å². The Morgan fingerprint density at radius 1 is 1.16 bits per heavy atom. The van der Waals surface area contributed by atoms with E-state index in [0.29, 0.717) is 17.3 Å². The lowest BCUT2D eigenvalue weighted by molar-refractivity contribution is 0.0948. The number of aryl methyl sites for hydroxylation is 2. The lowest BCUT2D eigenvalue weighted by Gasteiger charge is -2.04. The lowest BCUT2D eigenvalue weighted by Crippen LogP contribution is -2.26. The molecule has 0 saturated carbocycles. The fraction of sp³-hybridized carbons (Fsp3) is 0.200. The average molecular weight is 354 g/mol. The van der Waals surface area contributed by atoms with Crippen molar-refractivity contribution >= 4 is 17.5 Å². The maximum absolute atomic E-state index is 12.3. The van der Waals surface area contributed by atoms with E-state index in [4.69, 9.17) is 11.6 Å². The van der Waals surface area contributed by atoms with Crippen LogP contribution in [-0.4, -0.2) is 22.2 Å². The van der Waals surface area contributed by atoms with Gasteiger partial charge in [0.15, 0.2) is 5.69 Å². The summed E-state index contributed by atoms with van der Waals surface area (Å²) in [4.78, 5) is 12.3. The van der Waals surface area contributed by atoms with Crippen LogP contribution in [-0.2, 0) is 13.5 Å². The van der Waals surface area contributed by atoms with Gasteiger partial charge in [-0.25, -0.2) is 0 Å². The van der Waals surface area contributed by atoms with Crippen LogP contribution >= 0.6 is 11.6 Å². The summed E-state index contributed by atoms with van der Waals surface area (Å²) in [6.45, 7) is 2.58. The molecule has 1 heterocycles. The quantitative estimate of drug-likeness (QED) is 0.753. The Bertz CT molecular complexity index is 884. The molecular formula is C20H20ClN3O. The molecule has 0 saturated heterocycles. The molecule has 0 bridgehead atoms. The molecule has 128 valence electrons. The van der Waals surface area contributed by atoms with Gasteiger partial charge in [-0.2, -0.15) is 5.10 Å². The number of carbonyl (C=O) groups excluding carboxylic acids is 1. The smallest absolute Gasteiger partial charge is 0.271 e. The summed E-state index contributed by atoms with van der Waals surface area (Å²) >= 11 is 5.97. The molecule has 0 fully saturated rings. The Morgan fingerprint density at radius 3 is 2.64 bits per heavy atom. The second kappa shape index (κ2) is 7.53. The highest BCUT2D eigenvalue weighted by atomic mass is 35.5. The standard InChI is InChI=1S/C20H20ClN3O/c1-14-6-8-16(9-7-14)19-13-18(23-24(19)2)20(25)22-11-10-15-4-3-5-17(21)12-15/h3-9,12-13H,10-11H2,1-2H3,(H,22,25). The maximum Gasteiger partial charge on any atom is 0.271 e. The molecule has 0 aliphatic rings. The molecule has 1 amide bonds. The molecule has 0 atom stereocenters. The third-order valence-electron chi connectivity index (χ3n) is 4.05. The van der Waals surface area contributed by atoms with Crippen molar-refractivity contribution in [3.05, 3.63) is 76.4 Å². The molecular weight excluding hydrogens is 334 g/mol. The average Bonchev–Trinajstić information content (AvgIpc) is 2.97. The van der Waals surface area contributed by atoms with Gasteiger partial charge >= 0.3 is 0 Å². The van der Waals surface area contributed by atoms with Gasteiger partial charge in [-0.3, -0.25) is 9.48 Å². The van der Waals surface area contributed by atoms with Crippen molar-refractivity contribution in [3.63, 3.8) is 0 Å². The monoisotopic (exact) mass is 353 g/mol. The molecule has 3 aromatic rings. The van der Waals surface area contributed by atoms with Crippen LogP contribution in [0.2, 0.25) is 5.02 Å². The number of carbonyl (C=O) groups is 1. The largest absolute Gasteiger partial charge is 0.350 e. The molecule has 25 heavy (non-hydrogen) atoms. The van der Waals surface area contributed by atoms with Gasteiger partial charge in [-0.1, -0.05) is 53.6 Å². The van der Waals surface area contributed by atoms with Crippen LogP contribution in [0.5, 0.6) is 0 Å². The van der Waals surface area contributed by atoms with Crippen LogP contribution in [0, 0.1) is 6.92 Å². The Hall–Kier alpha value is -2.59. The van der Waals surface area contributed by atoms with E-state index in [1.165, 1.54) is 5.56 Å². The second-order valence-electron chi connectivity index (χ2n) is 6.04. The van der Waals surface area contributed by atoms with Crippen molar-refractivity contribution in [2.75, 3.05) is 6.54 Å². The van der Waals surface area contributed by atoms with Crippen LogP contribution < -0.4 is 5.32 Å². The van der Waals surface area contributed by atoms with Gasteiger partial charge in [0, 0.05) is 18.6 Å². The second-order valence-corrected chi connectivity index (χ2v) is 6.48. The Kier molecular flexibility index (Phi) is 5.19. The van der Waals surface area contributed by atoms with Crippen LogP contribution in [0.3, 0.4) is 0 Å². The van der Waals surface area contributed by atoms with E-state index in [-0.39, 0.29) is 5.91 Å². The number of amides is 1. The van der Waals surface area contributed by atoms with E-state index in [1.54, 1.807) is 4.68 Å². The van der Waals surface area contributed by atoms with Crippen molar-refractivity contribution in [1.82, 2.24) is 15.1 Å². The number of halogens is 1. The Morgan fingerprint density at radius 2 is 1.92 bits per heavy atom. The van der Waals surface area contributed by atoms with Gasteiger partial charge in [-0.15, -0.1) is 0 Å². The predicted molar refractivity (Wildman–Crippen MR) is 101 cm³/mol. The zero-order valence-corrected chi connectivity index (χ0v) is 15.0. The van der Waals surface area contributed by atoms with E-state index >= 15 is 0 Å². The van der Waals surface area contributed by atoms with Gasteiger partial charge in [0.05, 0.1) is 5.69 Å². The number of benzene rings is 2. The van der Waals surface area contributed by atoms with Crippen LogP contribution in [0.15, 0.2) is 54.6 Å². The summed E-state index contributed by atoms with van der Waals surface area (Å²) in [5.74, 6) is -0.170. The predicted octanol–water partition coefficient (Wildman–Crippen LogP) is 4.02. The van der Waals surface area contributed by atoms with E-state index in [2.05, 4.69) is 10.4 Å². The minimum atomic E-state index is -0.170. The van der Waals surface area contributed by atoms with E-state index in [1.807, 2.05) is 68.6 Å². The molecule has 1 N–H and O–H groups in total. The highest BCUT2D eigenvalue weighted by molar-refractivity contribution is 6.30. The zero-order valence-electron chi connectivity index (χ0n) is 14.3. The number of nitrogens with one attached hydrogen (secondary N) is 1. The number of hydrogen-bond acceptors (Lipinski definition) is 2. The van der Waals surface area contributed by atoms with Crippen molar-refractivity contribution < 1.29 is 4.79 Å². The number of nitrogens with zero attached hydrogens (tertiary/aromatic N) is 2. The third-order valence-corrected chi connectivity index (χ3v) is 4.28. The first-order chi connectivity index (χ1) is 12.0. The summed E-state index contributed by atoms with van der Waals surface area (Å²) in [5.41, 5.74) is 4.67. The Labute approximate surface area is 152 Å². The van der Waals surface area contributed by atoms with Gasteiger partial charge < -0.3 is 5.32 Å². The normalized spacial score (nSPS) is 10.7. The number of rotatable bonds is 5. The molecule has 0 aliphatic heterocycles. The molecule has 4 nitrogen and oxygen atoms in total. The summed E-state index contributed by atoms with van der Waals surface area (Å²) in [7, 11) is 1.85. The molecule has 0 aliphatic carbocycles. The highest BCUT2D eigenvalue weighted by Gasteiger charge is 2.13. The summed E-state index contributed by atoms with van der Waals surface area (Å²) in [6, 6.07) is 17.6. The molecule has 5 heteroatoms. The number of aromatic nitrogens is 2. The minimum Gasteiger partial charge on any atom is -0.350 e. The van der Waals surface area contributed by atoms with Gasteiger partial charge in [-0.05, 0) is 42.7 Å². The first-order valence-electron chi connectivity index (χ1n) is 8.16. The van der Waals surface area contributed by atoms with Crippen molar-refractivity contribution in [3.8, 4) is 11.3 Å². The van der Waals surface area contributed by atoms with Gasteiger partial charge in [0.25, 0.3) is 5.91 Å². The fourth-order valence-electron chi connectivity index (χ4n) is 2.68. The van der Waals surface area contributed by atoms with Crippen LogP contribution in [0.4, 0.5) is 0 Å². The van der Waals surface area contributed by atoms with Gasteiger partial charge in [0.1, 0.15) is 0 Å². The topological polar surface area (TPSA) is 46.9 Å². The first-order valence-corrected chi connectivity index (χ1v) is 8.54. The molecule has 2 aromatic carbocycles. The number of hydrogen-bond donors (Lipinski definition) is 1. The maximum atomic E-state index is 12.3. The molecule has 0 unspecified atom stereocenters. The van der Waals surface area contributed by atoms with E-state index < -0.39 is 0 Å². The van der Waals surface area contributed by atoms with E-state index in [9.17, 15) is 4.79 Å². The molecule has 0 radical (unpaired) electrons. The summed E-state index contributed by atoms with van der Waals surface area (Å²) in [5, 5.41) is 7.95. The van der Waals surface area contributed by atoms with E-state index in [0.717, 1.165) is 23.2 Å². The summed E-state index contributed by atoms with van der Waals surface area (Å²) < 4.78 is 1.73. The first kappa shape index (κ1) is 17.2. The minimum absolute atomic E-state index is 0.170. The molecule has 1 aromatic heterocycles. The fourth-order valence-corrected chi connectivity index (χ4v) is 2.89. The molecule has 0 spiro atoms. The SMILES string of the molecule is Cc1ccc(-c2cc(C(=O)NCCc3cccc(Cl)c3)nn2C)cc1. The van der Waals surface area contributed by atoms with Crippen LogP contribution in [0.1, 0.15) is 21.6 Å². The highest BCUT2D eigenvalue weighted by Crippen LogP contribution is 2.20. The Balaban J connectivity index is 1.64. The van der Waals surface area contributed by atoms with Crippen LogP contribution in [0.25, 0.3) is 11.3 Å².